The van der Waals surface area contributed by atoms with Crippen molar-refractivity contribution in [3.8, 4) is 18.1 Å². The minimum Gasteiger partial charge on any atom is -0.503 e. The third-order valence-corrected chi connectivity index (χ3v) is 2.77. The van der Waals surface area contributed by atoms with E-state index < -0.39 is 0 Å². The van der Waals surface area contributed by atoms with Crippen molar-refractivity contribution in [1.82, 2.24) is 9.88 Å². The van der Waals surface area contributed by atoms with Crippen LogP contribution in [0.5, 0.6) is 5.75 Å². The number of hydrogen-bond acceptors (Lipinski definition) is 3. The van der Waals surface area contributed by atoms with Crippen molar-refractivity contribution in [1.29, 1.82) is 0 Å². The lowest BCUT2D eigenvalue weighted by atomic mass is 10.2. The molecule has 0 saturated heterocycles. The van der Waals surface area contributed by atoms with Gasteiger partial charge in [-0.1, -0.05) is 5.92 Å². The fraction of sp³-hybridized carbons (Fsp3) is 0.462. The lowest BCUT2D eigenvalue weighted by molar-refractivity contribution is 0.442. The molecule has 0 aliphatic rings. The van der Waals surface area contributed by atoms with Crippen LogP contribution in [0.25, 0.3) is 0 Å². The van der Waals surface area contributed by atoms with Crippen LogP contribution in [0.2, 0.25) is 0 Å². The van der Waals surface area contributed by atoms with E-state index in [-0.39, 0.29) is 11.2 Å². The Morgan fingerprint density at radius 1 is 1.65 bits per heavy atom. The van der Waals surface area contributed by atoms with E-state index in [1.807, 2.05) is 4.57 Å². The van der Waals surface area contributed by atoms with Crippen molar-refractivity contribution in [3.63, 3.8) is 0 Å². The predicted octanol–water partition coefficient (Wildman–Crippen LogP) is 0.864. The Bertz CT molecular complexity index is 471. The molecule has 4 heteroatoms. The Morgan fingerprint density at radius 3 is 3.00 bits per heavy atom. The first kappa shape index (κ1) is 13.3. The van der Waals surface area contributed by atoms with E-state index >= 15 is 0 Å². The van der Waals surface area contributed by atoms with E-state index in [1.165, 1.54) is 6.07 Å². The lowest BCUT2D eigenvalue weighted by Crippen LogP contribution is -2.27. The van der Waals surface area contributed by atoms with Gasteiger partial charge < -0.3 is 15.0 Å². The Balaban J connectivity index is 2.62. The van der Waals surface area contributed by atoms with Gasteiger partial charge in [0, 0.05) is 24.8 Å². The molecule has 1 unspecified atom stereocenters. The van der Waals surface area contributed by atoms with Crippen LogP contribution in [-0.4, -0.2) is 22.3 Å². The maximum absolute atomic E-state index is 11.2. The highest BCUT2D eigenvalue weighted by molar-refractivity contribution is 5.25. The maximum atomic E-state index is 11.2. The Morgan fingerprint density at radius 2 is 2.35 bits per heavy atom. The van der Waals surface area contributed by atoms with Gasteiger partial charge >= 0.3 is 0 Å². The van der Waals surface area contributed by atoms with E-state index in [0.717, 1.165) is 13.0 Å². The molecule has 1 rings (SSSR count). The number of pyridine rings is 1. The molecule has 2 N–H and O–H groups in total. The third kappa shape index (κ3) is 3.65. The maximum Gasteiger partial charge on any atom is 0.223 e. The third-order valence-electron chi connectivity index (χ3n) is 2.77. The lowest BCUT2D eigenvalue weighted by Gasteiger charge is -2.15. The molecule has 92 valence electrons. The van der Waals surface area contributed by atoms with Gasteiger partial charge in [0.2, 0.25) is 5.43 Å². The minimum atomic E-state index is -0.336. The second-order valence-electron chi connectivity index (χ2n) is 4.08. The summed E-state index contributed by atoms with van der Waals surface area (Å²) in [7, 11) is 0. The Labute approximate surface area is 101 Å². The molecule has 0 saturated carbocycles. The van der Waals surface area contributed by atoms with E-state index in [4.69, 9.17) is 6.42 Å². The van der Waals surface area contributed by atoms with E-state index in [0.29, 0.717) is 18.3 Å². The number of terminal acetylenes is 1. The predicted molar refractivity (Wildman–Crippen MR) is 68.0 cm³/mol. The summed E-state index contributed by atoms with van der Waals surface area (Å²) in [6.07, 6.45) is 7.74. The summed E-state index contributed by atoms with van der Waals surface area (Å²) in [6, 6.07) is 1.68. The summed E-state index contributed by atoms with van der Waals surface area (Å²) in [5.41, 5.74) is 0.263. The van der Waals surface area contributed by atoms with Crippen molar-refractivity contribution < 1.29 is 5.11 Å². The molecule has 1 atom stereocenters. The highest BCUT2D eigenvalue weighted by Crippen LogP contribution is 2.10. The minimum absolute atomic E-state index is 0.170. The molecule has 0 amide bonds. The highest BCUT2D eigenvalue weighted by atomic mass is 16.3. The molecule has 0 aliphatic heterocycles. The van der Waals surface area contributed by atoms with Crippen LogP contribution in [0.4, 0.5) is 0 Å². The van der Waals surface area contributed by atoms with Crippen molar-refractivity contribution in [2.24, 2.45) is 0 Å². The molecule has 1 heterocycles. The first-order valence-electron chi connectivity index (χ1n) is 5.62. The average Bonchev–Trinajstić information content (AvgIpc) is 2.32. The number of nitrogens with zero attached hydrogens (tertiary/aromatic N) is 1. The van der Waals surface area contributed by atoms with Crippen molar-refractivity contribution in [2.75, 3.05) is 6.54 Å². The molecule has 0 bridgehead atoms. The fourth-order valence-electron chi connectivity index (χ4n) is 1.57. The molecule has 17 heavy (non-hydrogen) atoms. The summed E-state index contributed by atoms with van der Waals surface area (Å²) in [5.74, 6) is 2.36. The standard InChI is InChI=1S/C13H18N2O2/c1-4-7-14-10(2)5-8-15-9-6-12(16)13(17)11(15)3/h1,6,9-10,14,17H,5,7-8H2,2-3H3. The largest absolute Gasteiger partial charge is 0.503 e. The summed E-state index contributed by atoms with van der Waals surface area (Å²) < 4.78 is 1.87. The van der Waals surface area contributed by atoms with Crippen LogP contribution in [0.1, 0.15) is 19.0 Å². The molecule has 0 radical (unpaired) electrons. The zero-order chi connectivity index (χ0) is 12.8. The number of rotatable bonds is 5. The molecule has 0 aromatic carbocycles. The summed E-state index contributed by atoms with van der Waals surface area (Å²) >= 11 is 0. The second-order valence-corrected chi connectivity index (χ2v) is 4.08. The topological polar surface area (TPSA) is 54.3 Å². The van der Waals surface area contributed by atoms with Gasteiger partial charge in [0.15, 0.2) is 5.75 Å². The number of nitrogens with one attached hydrogen (secondary N) is 1. The van der Waals surface area contributed by atoms with Crippen LogP contribution in [0.15, 0.2) is 17.1 Å². The van der Waals surface area contributed by atoms with Gasteiger partial charge in [-0.05, 0) is 20.3 Å². The van der Waals surface area contributed by atoms with Crippen LogP contribution in [0, 0.1) is 19.3 Å². The summed E-state index contributed by atoms with van der Waals surface area (Å²) in [5, 5.41) is 12.7. The quantitative estimate of drug-likeness (QED) is 0.743. The van der Waals surface area contributed by atoms with Gasteiger partial charge in [-0.25, -0.2) is 0 Å². The molecule has 4 nitrogen and oxygen atoms in total. The molecular formula is C13H18N2O2. The Hall–Kier alpha value is -1.73. The SMILES string of the molecule is C#CCNC(C)CCn1ccc(=O)c(O)c1C. The Kier molecular flexibility index (Phi) is 4.80. The highest BCUT2D eigenvalue weighted by Gasteiger charge is 2.06. The van der Waals surface area contributed by atoms with E-state index in [9.17, 15) is 9.90 Å². The van der Waals surface area contributed by atoms with E-state index in [2.05, 4.69) is 18.2 Å². The number of aromatic hydroxyl groups is 1. The van der Waals surface area contributed by atoms with Gasteiger partial charge in [-0.3, -0.25) is 4.79 Å². The number of aryl methyl sites for hydroxylation is 1. The van der Waals surface area contributed by atoms with Crippen LogP contribution >= 0.6 is 0 Å². The van der Waals surface area contributed by atoms with Crippen molar-refractivity contribution >= 4 is 0 Å². The first-order chi connectivity index (χ1) is 8.06. The monoisotopic (exact) mass is 234 g/mol. The average molecular weight is 234 g/mol. The van der Waals surface area contributed by atoms with Gasteiger partial charge in [0.1, 0.15) is 0 Å². The van der Waals surface area contributed by atoms with Crippen LogP contribution in [0.3, 0.4) is 0 Å². The molecule has 0 spiro atoms. The summed E-state index contributed by atoms with van der Waals surface area (Å²) in [4.78, 5) is 11.2. The van der Waals surface area contributed by atoms with Gasteiger partial charge in [0.25, 0.3) is 0 Å². The number of hydrogen-bond donors (Lipinski definition) is 2. The normalized spacial score (nSPS) is 12.1. The van der Waals surface area contributed by atoms with Crippen LogP contribution < -0.4 is 10.7 Å². The second kappa shape index (κ2) is 6.12. The molecule has 1 aromatic rings. The summed E-state index contributed by atoms with van der Waals surface area (Å²) in [6.45, 7) is 5.07. The fourth-order valence-corrected chi connectivity index (χ4v) is 1.57. The van der Waals surface area contributed by atoms with Crippen LogP contribution in [-0.2, 0) is 6.54 Å². The van der Waals surface area contributed by atoms with Gasteiger partial charge in [-0.2, -0.15) is 0 Å². The molecule has 0 aliphatic carbocycles. The first-order valence-corrected chi connectivity index (χ1v) is 5.62. The zero-order valence-corrected chi connectivity index (χ0v) is 10.2. The zero-order valence-electron chi connectivity index (χ0n) is 10.2. The van der Waals surface area contributed by atoms with Gasteiger partial charge in [-0.15, -0.1) is 6.42 Å². The van der Waals surface area contributed by atoms with Gasteiger partial charge in [0.05, 0.1) is 12.2 Å². The molecular weight excluding hydrogens is 216 g/mol. The van der Waals surface area contributed by atoms with Crippen molar-refractivity contribution in [3.05, 3.63) is 28.2 Å². The molecule has 1 aromatic heterocycles. The molecule has 0 fully saturated rings. The number of aromatic nitrogens is 1. The van der Waals surface area contributed by atoms with Crippen molar-refractivity contribution in [2.45, 2.75) is 32.9 Å². The smallest absolute Gasteiger partial charge is 0.223 e. The van der Waals surface area contributed by atoms with E-state index in [1.54, 1.807) is 13.1 Å².